The number of carbonyl (C=O) groups excluding carboxylic acids is 1. The summed E-state index contributed by atoms with van der Waals surface area (Å²) in [7, 11) is 0. The van der Waals surface area contributed by atoms with Crippen LogP contribution in [0.15, 0.2) is 52.1 Å². The fourth-order valence-corrected chi connectivity index (χ4v) is 4.93. The molecule has 5 nitrogen and oxygen atoms in total. The minimum atomic E-state index is -0.375. The first-order valence-corrected chi connectivity index (χ1v) is 10.7. The lowest BCUT2D eigenvalue weighted by atomic mass is 9.67. The third-order valence-corrected chi connectivity index (χ3v) is 6.38. The molecule has 0 saturated heterocycles. The van der Waals surface area contributed by atoms with Gasteiger partial charge in [0.25, 0.3) is 5.56 Å². The Morgan fingerprint density at radius 3 is 2.64 bits per heavy atom. The van der Waals surface area contributed by atoms with Crippen LogP contribution in [0.4, 0.5) is 5.82 Å². The normalized spacial score (nSPS) is 22.7. The van der Waals surface area contributed by atoms with E-state index < -0.39 is 0 Å². The maximum atomic E-state index is 13.1. The van der Waals surface area contributed by atoms with Crippen LogP contribution in [0.2, 0.25) is 0 Å². The van der Waals surface area contributed by atoms with Crippen molar-refractivity contribution < 1.29 is 4.79 Å². The first-order chi connectivity index (χ1) is 13.4. The minimum absolute atomic E-state index is 0.165. The van der Waals surface area contributed by atoms with E-state index >= 15 is 0 Å². The zero-order valence-corrected chi connectivity index (χ0v) is 17.2. The Kier molecular flexibility index (Phi) is 4.91. The van der Waals surface area contributed by atoms with Crippen molar-refractivity contribution in [3.63, 3.8) is 0 Å². The molecule has 2 aliphatic rings. The molecule has 1 aliphatic carbocycles. The number of rotatable bonds is 4. The smallest absolute Gasteiger partial charge is 0.257 e. The zero-order chi connectivity index (χ0) is 19.9. The first-order valence-electron chi connectivity index (χ1n) is 9.74. The van der Waals surface area contributed by atoms with Crippen molar-refractivity contribution in [2.45, 2.75) is 44.7 Å². The number of ketones is 1. The van der Waals surface area contributed by atoms with Gasteiger partial charge in [0.15, 0.2) is 5.16 Å². The van der Waals surface area contributed by atoms with Gasteiger partial charge in [0.05, 0.1) is 11.5 Å². The number of Topliss-reactive ketones (excluding diaryl/α,β-unsaturated/α-hetero) is 1. The Balaban J connectivity index is 1.91. The third-order valence-electron chi connectivity index (χ3n) is 5.30. The largest absolute Gasteiger partial charge is 0.343 e. The monoisotopic (exact) mass is 395 g/mol. The number of aromatic amines is 1. The van der Waals surface area contributed by atoms with Crippen LogP contribution in [-0.2, 0) is 4.79 Å². The molecule has 1 aromatic carbocycles. The lowest BCUT2D eigenvalue weighted by Gasteiger charge is -2.40. The van der Waals surface area contributed by atoms with Gasteiger partial charge in [0.2, 0.25) is 0 Å². The second-order valence-electron chi connectivity index (χ2n) is 8.20. The van der Waals surface area contributed by atoms with E-state index in [9.17, 15) is 9.59 Å². The summed E-state index contributed by atoms with van der Waals surface area (Å²) < 4.78 is 0. The summed E-state index contributed by atoms with van der Waals surface area (Å²) in [5.41, 5.74) is 2.02. The molecule has 2 N–H and O–H groups in total. The predicted octanol–water partition coefficient (Wildman–Crippen LogP) is 4.33. The molecule has 1 aliphatic heterocycles. The van der Waals surface area contributed by atoms with Gasteiger partial charge in [-0.05, 0) is 17.4 Å². The second-order valence-corrected chi connectivity index (χ2v) is 9.29. The number of aromatic nitrogens is 2. The van der Waals surface area contributed by atoms with E-state index in [4.69, 9.17) is 4.98 Å². The Morgan fingerprint density at radius 1 is 1.18 bits per heavy atom. The van der Waals surface area contributed by atoms with Crippen LogP contribution < -0.4 is 10.9 Å². The molecule has 0 radical (unpaired) electrons. The molecule has 0 amide bonds. The Hall–Kier alpha value is -2.34. The fourth-order valence-electron chi connectivity index (χ4n) is 4.21. The summed E-state index contributed by atoms with van der Waals surface area (Å²) in [6.07, 6.45) is 3.61. The summed E-state index contributed by atoms with van der Waals surface area (Å²) in [6.45, 7) is 6.23. The molecule has 0 fully saturated rings. The molecule has 1 aromatic heterocycles. The van der Waals surface area contributed by atoms with E-state index in [1.54, 1.807) is 11.8 Å². The molecule has 0 bridgehead atoms. The van der Waals surface area contributed by atoms with Crippen LogP contribution in [0.5, 0.6) is 0 Å². The number of fused-ring (bicyclic) bond motifs is 2. The number of nitrogens with one attached hydrogen (secondary N) is 2. The van der Waals surface area contributed by atoms with Gasteiger partial charge in [-0.2, -0.15) is 0 Å². The summed E-state index contributed by atoms with van der Waals surface area (Å²) >= 11 is 1.54. The van der Waals surface area contributed by atoms with Crippen molar-refractivity contribution >= 4 is 23.4 Å². The van der Waals surface area contributed by atoms with E-state index in [0.717, 1.165) is 23.4 Å². The topological polar surface area (TPSA) is 74.8 Å². The number of anilines is 1. The Bertz CT molecular complexity index is 995. The van der Waals surface area contributed by atoms with E-state index in [2.05, 4.69) is 37.1 Å². The highest BCUT2D eigenvalue weighted by Gasteiger charge is 2.45. The highest BCUT2D eigenvalue weighted by atomic mass is 32.2. The molecule has 146 valence electrons. The van der Waals surface area contributed by atoms with Crippen molar-refractivity contribution in [2.75, 3.05) is 11.1 Å². The van der Waals surface area contributed by atoms with E-state index in [-0.39, 0.29) is 28.6 Å². The number of H-pyrrole nitrogens is 1. The van der Waals surface area contributed by atoms with Crippen LogP contribution in [0.1, 0.15) is 50.7 Å². The molecular formula is C22H25N3O2S. The van der Waals surface area contributed by atoms with E-state index in [0.29, 0.717) is 23.0 Å². The SMILES string of the molecule is CCCSc1nc2c(c(=O)[nH]1)[C@@H](c1ccccc1)[C@@H]1C(=O)CC(C)(C)C=C1N2. The third kappa shape index (κ3) is 3.41. The standard InChI is InChI=1S/C22H25N3O2S/c1-4-10-28-21-24-19-18(20(27)25-21)16(13-8-6-5-7-9-13)17-14(23-19)11-22(2,3)12-15(17)26/h5-9,11,16-17H,4,10,12H2,1-3H3,(H2,23,24,25,27)/t16-,17-/m0/s1. The number of nitrogens with zero attached hydrogens (tertiary/aromatic N) is 1. The Labute approximate surface area is 169 Å². The molecule has 2 atom stereocenters. The molecule has 4 rings (SSSR count). The Morgan fingerprint density at radius 2 is 1.93 bits per heavy atom. The van der Waals surface area contributed by atoms with Gasteiger partial charge >= 0.3 is 0 Å². The summed E-state index contributed by atoms with van der Waals surface area (Å²) in [5.74, 6) is 0.928. The quantitative estimate of drug-likeness (QED) is 0.595. The van der Waals surface area contributed by atoms with Gasteiger partial charge in [0.1, 0.15) is 11.6 Å². The van der Waals surface area contributed by atoms with Crippen LogP contribution in [-0.4, -0.2) is 21.5 Å². The van der Waals surface area contributed by atoms with Gasteiger partial charge in [-0.15, -0.1) is 0 Å². The average Bonchev–Trinajstić information content (AvgIpc) is 2.64. The van der Waals surface area contributed by atoms with Gasteiger partial charge < -0.3 is 10.3 Å². The fraction of sp³-hybridized carbons (Fsp3) is 0.409. The molecular weight excluding hydrogens is 370 g/mol. The number of allylic oxidation sites excluding steroid dienone is 2. The molecule has 2 aromatic rings. The first kappa shape index (κ1) is 19.0. The molecule has 2 heterocycles. The maximum absolute atomic E-state index is 13.1. The van der Waals surface area contributed by atoms with Crippen molar-refractivity contribution in [1.29, 1.82) is 0 Å². The molecule has 6 heteroatoms. The van der Waals surface area contributed by atoms with E-state index in [1.165, 1.54) is 0 Å². The number of hydrogen-bond donors (Lipinski definition) is 2. The summed E-state index contributed by atoms with van der Waals surface area (Å²) in [4.78, 5) is 33.8. The summed E-state index contributed by atoms with van der Waals surface area (Å²) in [6, 6.07) is 9.82. The molecule has 0 unspecified atom stereocenters. The van der Waals surface area contributed by atoms with Crippen molar-refractivity contribution in [3.05, 3.63) is 63.6 Å². The molecule has 0 saturated carbocycles. The van der Waals surface area contributed by atoms with Gasteiger partial charge in [-0.3, -0.25) is 9.59 Å². The van der Waals surface area contributed by atoms with Crippen LogP contribution in [0, 0.1) is 11.3 Å². The molecule has 28 heavy (non-hydrogen) atoms. The number of carbonyl (C=O) groups is 1. The second kappa shape index (κ2) is 7.24. The zero-order valence-electron chi connectivity index (χ0n) is 16.4. The van der Waals surface area contributed by atoms with Crippen LogP contribution in [0.25, 0.3) is 0 Å². The van der Waals surface area contributed by atoms with Crippen LogP contribution in [0.3, 0.4) is 0 Å². The number of benzene rings is 1. The predicted molar refractivity (Wildman–Crippen MR) is 113 cm³/mol. The van der Waals surface area contributed by atoms with Crippen LogP contribution >= 0.6 is 11.8 Å². The maximum Gasteiger partial charge on any atom is 0.257 e. The minimum Gasteiger partial charge on any atom is -0.343 e. The highest BCUT2D eigenvalue weighted by Crippen LogP contribution is 2.47. The summed E-state index contributed by atoms with van der Waals surface area (Å²) in [5, 5.41) is 3.95. The molecule has 0 spiro atoms. The lowest BCUT2D eigenvalue weighted by Crippen LogP contribution is -2.41. The van der Waals surface area contributed by atoms with Crippen molar-refractivity contribution in [2.24, 2.45) is 11.3 Å². The highest BCUT2D eigenvalue weighted by molar-refractivity contribution is 7.99. The number of hydrogen-bond acceptors (Lipinski definition) is 5. The average molecular weight is 396 g/mol. The van der Waals surface area contributed by atoms with Gasteiger partial charge in [-0.1, -0.05) is 68.9 Å². The van der Waals surface area contributed by atoms with E-state index in [1.807, 2.05) is 30.3 Å². The van der Waals surface area contributed by atoms with Gasteiger partial charge in [-0.25, -0.2) is 4.98 Å². The lowest BCUT2D eigenvalue weighted by molar-refractivity contribution is -0.124. The van der Waals surface area contributed by atoms with Gasteiger partial charge in [0, 0.05) is 23.8 Å². The number of thioether (sulfide) groups is 1. The van der Waals surface area contributed by atoms with Crippen molar-refractivity contribution in [3.8, 4) is 0 Å². The van der Waals surface area contributed by atoms with Crippen molar-refractivity contribution in [1.82, 2.24) is 9.97 Å².